The number of pyridine rings is 1. The van der Waals surface area contributed by atoms with Gasteiger partial charge in [0.1, 0.15) is 11.7 Å². The maximum Gasteiger partial charge on any atom is 0.315 e. The molecule has 0 spiro atoms. The molecule has 5 N–H and O–H groups in total. The molecule has 6 rings (SSSR count). The molecule has 2 amide bonds. The van der Waals surface area contributed by atoms with Crippen LogP contribution in [0.1, 0.15) is 40.7 Å². The van der Waals surface area contributed by atoms with Crippen LogP contribution in [0.25, 0.3) is 0 Å². The van der Waals surface area contributed by atoms with Crippen LogP contribution in [0.15, 0.2) is 91.1 Å². The molecule has 0 atom stereocenters. The molecule has 1 saturated heterocycles. The maximum atomic E-state index is 12.5. The Bertz CT molecular complexity index is 1640. The first-order valence-corrected chi connectivity index (χ1v) is 14.7. The number of carbonyl (C=O) groups excluding carboxylic acids is 1. The number of para-hydroxylation sites is 1. The van der Waals surface area contributed by atoms with E-state index in [9.17, 15) is 4.79 Å². The summed E-state index contributed by atoms with van der Waals surface area (Å²) in [6.45, 7) is 5.20. The minimum absolute atomic E-state index is 0.116. The number of aryl methyl sites for hydroxylation is 1. The number of nitrogens with one attached hydrogen (secondary N) is 5. The number of carbonyl (C=O) groups is 1. The van der Waals surface area contributed by atoms with Crippen molar-refractivity contribution in [3.8, 4) is 0 Å². The number of amidine groups is 2. The number of hydrogen-bond donors (Lipinski definition) is 5. The van der Waals surface area contributed by atoms with Gasteiger partial charge in [0.15, 0.2) is 5.82 Å². The molecule has 0 unspecified atom stereocenters. The van der Waals surface area contributed by atoms with E-state index in [1.807, 2.05) is 66.7 Å². The monoisotopic (exact) mass is 572 g/mol. The van der Waals surface area contributed by atoms with E-state index >= 15 is 0 Å². The number of aromatic nitrogens is 1. The molecular formula is C34H36N8O. The van der Waals surface area contributed by atoms with Gasteiger partial charge in [0.25, 0.3) is 0 Å². The minimum atomic E-state index is -0.116. The lowest BCUT2D eigenvalue weighted by atomic mass is 10.0. The van der Waals surface area contributed by atoms with Crippen LogP contribution in [0, 0.1) is 17.7 Å². The maximum absolute atomic E-state index is 12.5. The summed E-state index contributed by atoms with van der Waals surface area (Å²) in [6, 6.07) is 27.5. The highest BCUT2D eigenvalue weighted by molar-refractivity contribution is 6.30. The molecule has 1 fully saturated rings. The van der Waals surface area contributed by atoms with E-state index in [2.05, 4.69) is 51.0 Å². The SMILES string of the molecule is Cc1ccccc1CNC(=O)NC1CCN(Cc2ccc(C(=N)N3C(=N)c4ccccc4Nc4ncccc43)cc2)CC1. The van der Waals surface area contributed by atoms with Crippen LogP contribution in [0.4, 0.5) is 22.0 Å². The van der Waals surface area contributed by atoms with Crippen molar-refractivity contribution < 1.29 is 4.79 Å². The summed E-state index contributed by atoms with van der Waals surface area (Å²) >= 11 is 0. The summed E-state index contributed by atoms with van der Waals surface area (Å²) in [7, 11) is 0. The Morgan fingerprint density at radius 3 is 2.51 bits per heavy atom. The van der Waals surface area contributed by atoms with Crippen molar-refractivity contribution in [3.63, 3.8) is 0 Å². The quantitative estimate of drug-likeness (QED) is 0.148. The van der Waals surface area contributed by atoms with Gasteiger partial charge in [-0.3, -0.25) is 20.6 Å². The fraction of sp³-hybridized carbons (Fsp3) is 0.235. The van der Waals surface area contributed by atoms with Gasteiger partial charge in [0.05, 0.1) is 11.4 Å². The molecule has 3 heterocycles. The molecule has 4 aromatic rings. The zero-order chi connectivity index (χ0) is 29.8. The number of piperidine rings is 1. The highest BCUT2D eigenvalue weighted by Crippen LogP contribution is 2.34. The number of anilines is 3. The fourth-order valence-corrected chi connectivity index (χ4v) is 5.68. The Morgan fingerprint density at radius 1 is 0.977 bits per heavy atom. The van der Waals surface area contributed by atoms with Gasteiger partial charge in [-0.15, -0.1) is 0 Å². The number of likely N-dealkylation sites (tertiary alicyclic amines) is 1. The highest BCUT2D eigenvalue weighted by Gasteiger charge is 2.28. The first-order chi connectivity index (χ1) is 21.0. The topological polar surface area (TPSA) is 120 Å². The predicted molar refractivity (Wildman–Crippen MR) is 171 cm³/mol. The average Bonchev–Trinajstić information content (AvgIpc) is 3.15. The number of urea groups is 1. The van der Waals surface area contributed by atoms with Crippen LogP contribution in [0.3, 0.4) is 0 Å². The van der Waals surface area contributed by atoms with Gasteiger partial charge in [-0.25, -0.2) is 9.78 Å². The van der Waals surface area contributed by atoms with Crippen molar-refractivity contribution in [2.24, 2.45) is 0 Å². The second-order valence-electron chi connectivity index (χ2n) is 11.1. The van der Waals surface area contributed by atoms with Crippen molar-refractivity contribution in [2.45, 2.75) is 38.9 Å². The molecule has 2 aliphatic rings. The standard InChI is InChI=1S/C34H36N8O/c1-23-7-2-3-8-26(23)21-38-34(43)39-27-16-19-41(20-17-27)22-24-12-14-25(15-13-24)31(35)42-30-11-6-18-37-33(30)40-29-10-5-4-9-28(29)32(42)36/h2-15,18,27,35-36H,16-17,19-22H2,1H3,(H,37,40)(H2,38,39,43). The van der Waals surface area contributed by atoms with E-state index < -0.39 is 0 Å². The van der Waals surface area contributed by atoms with Crippen LogP contribution in [0.5, 0.6) is 0 Å². The zero-order valence-electron chi connectivity index (χ0n) is 24.2. The summed E-state index contributed by atoms with van der Waals surface area (Å²) in [5.41, 5.74) is 6.36. The van der Waals surface area contributed by atoms with Gasteiger partial charge < -0.3 is 16.0 Å². The molecule has 0 bridgehead atoms. The summed E-state index contributed by atoms with van der Waals surface area (Å²) < 4.78 is 0. The Balaban J connectivity index is 1.04. The van der Waals surface area contributed by atoms with Crippen molar-refractivity contribution in [1.29, 1.82) is 10.8 Å². The van der Waals surface area contributed by atoms with Gasteiger partial charge >= 0.3 is 6.03 Å². The third-order valence-corrected chi connectivity index (χ3v) is 8.17. The van der Waals surface area contributed by atoms with E-state index in [0.717, 1.165) is 49.3 Å². The van der Waals surface area contributed by atoms with Crippen LogP contribution >= 0.6 is 0 Å². The van der Waals surface area contributed by atoms with Crippen LogP contribution < -0.4 is 20.9 Å². The Hall–Kier alpha value is -5.02. The number of nitrogens with zero attached hydrogens (tertiary/aromatic N) is 3. The van der Waals surface area contributed by atoms with Gasteiger partial charge in [-0.05, 0) is 60.7 Å². The Kier molecular flexibility index (Phi) is 8.15. The predicted octanol–water partition coefficient (Wildman–Crippen LogP) is 5.77. The van der Waals surface area contributed by atoms with E-state index in [4.69, 9.17) is 10.8 Å². The molecule has 0 radical (unpaired) electrons. The number of benzene rings is 3. The fourth-order valence-electron chi connectivity index (χ4n) is 5.68. The molecule has 9 nitrogen and oxygen atoms in total. The summed E-state index contributed by atoms with van der Waals surface area (Å²) in [5.74, 6) is 1.06. The third kappa shape index (κ3) is 6.27. The van der Waals surface area contributed by atoms with Crippen molar-refractivity contribution >= 4 is 34.9 Å². The van der Waals surface area contributed by atoms with Gasteiger partial charge in [0.2, 0.25) is 0 Å². The van der Waals surface area contributed by atoms with Gasteiger partial charge in [0, 0.05) is 49.5 Å². The van der Waals surface area contributed by atoms with Crippen molar-refractivity contribution in [3.05, 3.63) is 119 Å². The lowest BCUT2D eigenvalue weighted by Gasteiger charge is -2.32. The molecule has 9 heteroatoms. The molecule has 218 valence electrons. The molecule has 2 aliphatic heterocycles. The average molecular weight is 573 g/mol. The molecule has 0 aliphatic carbocycles. The summed E-state index contributed by atoms with van der Waals surface area (Å²) in [5, 5.41) is 27.5. The Morgan fingerprint density at radius 2 is 1.72 bits per heavy atom. The summed E-state index contributed by atoms with van der Waals surface area (Å²) in [6.07, 6.45) is 3.52. The number of rotatable bonds is 6. The van der Waals surface area contributed by atoms with Crippen LogP contribution in [-0.2, 0) is 13.1 Å². The van der Waals surface area contributed by atoms with Crippen molar-refractivity contribution in [1.82, 2.24) is 20.5 Å². The molecule has 43 heavy (non-hydrogen) atoms. The largest absolute Gasteiger partial charge is 0.338 e. The first kappa shape index (κ1) is 28.1. The zero-order valence-corrected chi connectivity index (χ0v) is 24.2. The second kappa shape index (κ2) is 12.5. The minimum Gasteiger partial charge on any atom is -0.338 e. The van der Waals surface area contributed by atoms with E-state index in [1.54, 1.807) is 11.1 Å². The molecule has 3 aromatic carbocycles. The lowest BCUT2D eigenvalue weighted by molar-refractivity contribution is 0.186. The van der Waals surface area contributed by atoms with Gasteiger partial charge in [-0.1, -0.05) is 60.7 Å². The Labute approximate surface area is 252 Å². The number of amides is 2. The smallest absolute Gasteiger partial charge is 0.315 e. The van der Waals surface area contributed by atoms with E-state index in [1.165, 1.54) is 11.1 Å². The normalized spacial score (nSPS) is 15.1. The number of fused-ring (bicyclic) bond motifs is 2. The summed E-state index contributed by atoms with van der Waals surface area (Å²) in [4.78, 5) is 21.0. The third-order valence-electron chi connectivity index (χ3n) is 8.17. The first-order valence-electron chi connectivity index (χ1n) is 14.7. The van der Waals surface area contributed by atoms with E-state index in [0.29, 0.717) is 23.6 Å². The highest BCUT2D eigenvalue weighted by atomic mass is 16.2. The van der Waals surface area contributed by atoms with Crippen LogP contribution in [0.2, 0.25) is 0 Å². The molecule has 0 saturated carbocycles. The lowest BCUT2D eigenvalue weighted by Crippen LogP contribution is -2.47. The van der Waals surface area contributed by atoms with E-state index in [-0.39, 0.29) is 23.7 Å². The molecular weight excluding hydrogens is 536 g/mol. The molecule has 1 aromatic heterocycles. The second-order valence-corrected chi connectivity index (χ2v) is 11.1. The van der Waals surface area contributed by atoms with Gasteiger partial charge in [-0.2, -0.15) is 0 Å². The van der Waals surface area contributed by atoms with Crippen molar-refractivity contribution in [2.75, 3.05) is 23.3 Å². The number of hydrogen-bond acceptors (Lipinski definition) is 6. The van der Waals surface area contributed by atoms with Crippen LogP contribution in [-0.4, -0.2) is 46.7 Å².